The molecule has 0 spiro atoms. The van der Waals surface area contributed by atoms with Gasteiger partial charge in [0.15, 0.2) is 0 Å². The van der Waals surface area contributed by atoms with Crippen molar-refractivity contribution >= 4 is 11.1 Å². The molecule has 0 aromatic heterocycles. The molecule has 1 unspecified atom stereocenters. The van der Waals surface area contributed by atoms with E-state index in [4.69, 9.17) is 0 Å². The fourth-order valence-electron chi connectivity index (χ4n) is 0.219. The van der Waals surface area contributed by atoms with Crippen LogP contribution >= 0.6 is 0 Å². The molecule has 0 rings (SSSR count). The quantitative estimate of drug-likeness (QED) is 0.417. The highest BCUT2D eigenvalue weighted by atomic mass is 32.2. The van der Waals surface area contributed by atoms with Gasteiger partial charge in [0.25, 0.3) is 0 Å². The molecule has 9 heavy (non-hydrogen) atoms. The van der Waals surface area contributed by atoms with Gasteiger partial charge < -0.3 is 14.0 Å². The Morgan fingerprint density at radius 3 is 1.78 bits per heavy atom. The second kappa shape index (κ2) is 3.26. The molecule has 0 amide bonds. The largest absolute Gasteiger partial charge is 0.768 e. The zero-order valence-corrected chi connectivity index (χ0v) is 6.36. The highest BCUT2D eigenvalue weighted by Gasteiger charge is 2.23. The van der Waals surface area contributed by atoms with Crippen LogP contribution in [0.1, 0.15) is 6.92 Å². The van der Waals surface area contributed by atoms with Gasteiger partial charge in [0, 0.05) is 32.2 Å². The highest BCUT2D eigenvalue weighted by molar-refractivity contribution is 7.80. The van der Waals surface area contributed by atoms with Crippen LogP contribution in [0.15, 0.2) is 0 Å². The molecule has 0 bridgehead atoms. The van der Waals surface area contributed by atoms with Crippen molar-refractivity contribution in [3.05, 3.63) is 0 Å². The third kappa shape index (κ3) is 2.02. The average Bonchev–Trinajstić information content (AvgIpc) is 1.86. The summed E-state index contributed by atoms with van der Waals surface area (Å²) in [7, 11) is 2.53. The monoisotopic (exact) mass is 153 g/mol. The summed E-state index contributed by atoms with van der Waals surface area (Å²) in [6.45, 7) is 1.32. The van der Waals surface area contributed by atoms with E-state index >= 15 is 0 Å². The molecule has 0 fully saturated rings. The van der Waals surface area contributed by atoms with E-state index in [1.54, 1.807) is 0 Å². The molecule has 0 aliphatic carbocycles. The van der Waals surface area contributed by atoms with Crippen LogP contribution in [0.5, 0.6) is 0 Å². The standard InChI is InChI=1S/C4H10O4S/c1-4(7-2,8-3)9(5)6/h1-3H3,(H,5,6)/p-1. The van der Waals surface area contributed by atoms with Crippen LogP contribution in [-0.4, -0.2) is 28.1 Å². The molecule has 5 heteroatoms. The molecular formula is C4H9O4S-. The first-order chi connectivity index (χ1) is 4.06. The first-order valence-electron chi connectivity index (χ1n) is 2.26. The number of hydrogen-bond acceptors (Lipinski definition) is 4. The lowest BCUT2D eigenvalue weighted by atomic mass is 10.7. The summed E-state index contributed by atoms with van der Waals surface area (Å²) < 4.78 is 29.5. The van der Waals surface area contributed by atoms with E-state index in [2.05, 4.69) is 9.47 Å². The van der Waals surface area contributed by atoms with Crippen molar-refractivity contribution in [2.24, 2.45) is 0 Å². The van der Waals surface area contributed by atoms with Crippen molar-refractivity contribution in [3.8, 4) is 0 Å². The molecule has 0 aromatic carbocycles. The first-order valence-corrected chi connectivity index (χ1v) is 3.34. The lowest BCUT2D eigenvalue weighted by Gasteiger charge is -2.27. The van der Waals surface area contributed by atoms with Gasteiger partial charge in [-0.3, -0.25) is 4.21 Å². The zero-order chi connectivity index (χ0) is 7.49. The average molecular weight is 153 g/mol. The highest BCUT2D eigenvalue weighted by Crippen LogP contribution is 2.12. The van der Waals surface area contributed by atoms with Crippen molar-refractivity contribution in [2.75, 3.05) is 14.2 Å². The summed E-state index contributed by atoms with van der Waals surface area (Å²) in [6.07, 6.45) is 0. The predicted octanol–water partition coefficient (Wildman–Crippen LogP) is -0.168. The SMILES string of the molecule is COC(C)(OC)S(=O)[O-]. The molecular weight excluding hydrogens is 144 g/mol. The van der Waals surface area contributed by atoms with Crippen molar-refractivity contribution < 1.29 is 18.2 Å². The summed E-state index contributed by atoms with van der Waals surface area (Å²) in [5, 5.41) is -1.50. The molecule has 0 saturated heterocycles. The van der Waals surface area contributed by atoms with Crippen LogP contribution in [0.25, 0.3) is 0 Å². The van der Waals surface area contributed by atoms with E-state index < -0.39 is 16.2 Å². The lowest BCUT2D eigenvalue weighted by molar-refractivity contribution is -0.128. The molecule has 0 aliphatic rings. The third-order valence-electron chi connectivity index (χ3n) is 1.04. The van der Waals surface area contributed by atoms with Crippen LogP contribution in [0.2, 0.25) is 0 Å². The minimum atomic E-state index is -2.36. The topological polar surface area (TPSA) is 58.6 Å². The van der Waals surface area contributed by atoms with Gasteiger partial charge in [0.05, 0.1) is 0 Å². The predicted molar refractivity (Wildman–Crippen MR) is 31.3 cm³/mol. The second-order valence-corrected chi connectivity index (χ2v) is 2.72. The van der Waals surface area contributed by atoms with Gasteiger partial charge in [0.1, 0.15) is 0 Å². The number of hydrogen-bond donors (Lipinski definition) is 0. The van der Waals surface area contributed by atoms with E-state index in [1.807, 2.05) is 0 Å². The van der Waals surface area contributed by atoms with Gasteiger partial charge in [-0.1, -0.05) is 0 Å². The summed E-state index contributed by atoms with van der Waals surface area (Å²) in [5.74, 6) is 0. The van der Waals surface area contributed by atoms with E-state index in [-0.39, 0.29) is 0 Å². The van der Waals surface area contributed by atoms with Gasteiger partial charge in [-0.15, -0.1) is 0 Å². The number of methoxy groups -OCH3 is 2. The van der Waals surface area contributed by atoms with Crippen LogP contribution in [-0.2, 0) is 20.6 Å². The molecule has 0 saturated carbocycles. The summed E-state index contributed by atoms with van der Waals surface area (Å²) >= 11 is -2.36. The Hall–Kier alpha value is 0.0300. The first kappa shape index (κ1) is 9.03. The van der Waals surface area contributed by atoms with E-state index in [0.29, 0.717) is 0 Å². The lowest BCUT2D eigenvalue weighted by Crippen LogP contribution is -2.34. The zero-order valence-electron chi connectivity index (χ0n) is 5.54. The molecule has 56 valence electrons. The summed E-state index contributed by atoms with van der Waals surface area (Å²) in [5.41, 5.74) is 0. The van der Waals surface area contributed by atoms with Crippen LogP contribution in [0.4, 0.5) is 0 Å². The van der Waals surface area contributed by atoms with E-state index in [0.717, 1.165) is 0 Å². The molecule has 1 atom stereocenters. The molecule has 0 heterocycles. The minimum absolute atomic E-state index is 1.26. The minimum Gasteiger partial charge on any atom is -0.768 e. The van der Waals surface area contributed by atoms with Crippen LogP contribution < -0.4 is 0 Å². The third-order valence-corrected chi connectivity index (χ3v) is 1.98. The fraction of sp³-hybridized carbons (Fsp3) is 1.00. The molecule has 0 N–H and O–H groups in total. The van der Waals surface area contributed by atoms with E-state index in [1.165, 1.54) is 21.1 Å². The van der Waals surface area contributed by atoms with Gasteiger partial charge in [-0.05, 0) is 0 Å². The van der Waals surface area contributed by atoms with Crippen LogP contribution in [0, 0.1) is 0 Å². The van der Waals surface area contributed by atoms with Crippen molar-refractivity contribution in [2.45, 2.75) is 12.0 Å². The van der Waals surface area contributed by atoms with Crippen molar-refractivity contribution in [1.82, 2.24) is 0 Å². The van der Waals surface area contributed by atoms with Crippen LogP contribution in [0.3, 0.4) is 0 Å². The molecule has 0 radical (unpaired) electrons. The Morgan fingerprint density at radius 1 is 1.44 bits per heavy atom. The Morgan fingerprint density at radius 2 is 1.78 bits per heavy atom. The van der Waals surface area contributed by atoms with Gasteiger partial charge in [-0.2, -0.15) is 0 Å². The number of rotatable bonds is 3. The maximum atomic E-state index is 10.2. The molecule has 0 aliphatic heterocycles. The Balaban J connectivity index is 4.09. The normalized spacial score (nSPS) is 15.6. The Labute approximate surface area is 56.4 Å². The fourth-order valence-corrected chi connectivity index (χ4v) is 0.492. The Bertz CT molecular complexity index is 109. The maximum absolute atomic E-state index is 10.2. The van der Waals surface area contributed by atoms with Gasteiger partial charge in [-0.25, -0.2) is 0 Å². The summed E-state index contributed by atoms with van der Waals surface area (Å²) in [6, 6.07) is 0. The van der Waals surface area contributed by atoms with Crippen molar-refractivity contribution in [1.29, 1.82) is 0 Å². The second-order valence-electron chi connectivity index (χ2n) is 1.51. The number of ether oxygens (including phenoxy) is 2. The van der Waals surface area contributed by atoms with Gasteiger partial charge >= 0.3 is 0 Å². The van der Waals surface area contributed by atoms with E-state index in [9.17, 15) is 8.76 Å². The maximum Gasteiger partial charge on any atom is 0.230 e. The smallest absolute Gasteiger partial charge is 0.230 e. The van der Waals surface area contributed by atoms with Crippen molar-refractivity contribution in [3.63, 3.8) is 0 Å². The van der Waals surface area contributed by atoms with Gasteiger partial charge in [0.2, 0.25) is 5.12 Å². The molecule has 0 aromatic rings. The summed E-state index contributed by atoms with van der Waals surface area (Å²) in [4.78, 5) is 0. The molecule has 4 nitrogen and oxygen atoms in total. The Kier molecular flexibility index (Phi) is 3.27.